The topological polar surface area (TPSA) is 54.9 Å². The first-order valence-corrected chi connectivity index (χ1v) is 8.05. The van der Waals surface area contributed by atoms with Gasteiger partial charge >= 0.3 is 0 Å². The maximum atomic E-state index is 5.70. The van der Waals surface area contributed by atoms with Gasteiger partial charge in [-0.3, -0.25) is 4.99 Å². The van der Waals surface area contributed by atoms with Crippen LogP contribution >= 0.6 is 0 Å². The van der Waals surface area contributed by atoms with E-state index in [-0.39, 0.29) is 0 Å². The molecule has 0 saturated heterocycles. The third-order valence-corrected chi connectivity index (χ3v) is 3.54. The monoisotopic (exact) mass is 305 g/mol. The van der Waals surface area contributed by atoms with Crippen molar-refractivity contribution in [2.45, 2.75) is 26.4 Å². The number of para-hydroxylation sites is 1. The van der Waals surface area contributed by atoms with Crippen molar-refractivity contribution in [2.24, 2.45) is 10.9 Å². The van der Waals surface area contributed by atoms with Gasteiger partial charge in [0.2, 0.25) is 0 Å². The van der Waals surface area contributed by atoms with Crippen LogP contribution in [0.1, 0.15) is 25.3 Å². The SMILES string of the molecule is CCNC(=NCC1CC1)NCCOCc1ccccc1OC. The average molecular weight is 305 g/mol. The molecule has 0 aliphatic heterocycles. The maximum absolute atomic E-state index is 5.70. The van der Waals surface area contributed by atoms with E-state index in [9.17, 15) is 0 Å². The Kier molecular flexibility index (Phi) is 7.03. The summed E-state index contributed by atoms with van der Waals surface area (Å²) in [5.74, 6) is 2.56. The summed E-state index contributed by atoms with van der Waals surface area (Å²) in [7, 11) is 1.68. The minimum Gasteiger partial charge on any atom is -0.496 e. The molecule has 5 nitrogen and oxygen atoms in total. The number of aliphatic imine (C=N–C) groups is 1. The minimum absolute atomic E-state index is 0.557. The van der Waals surface area contributed by atoms with Crippen molar-refractivity contribution in [2.75, 3.05) is 33.4 Å². The Bertz CT molecular complexity index is 473. The van der Waals surface area contributed by atoms with E-state index in [0.29, 0.717) is 13.2 Å². The van der Waals surface area contributed by atoms with Crippen LogP contribution in [0.25, 0.3) is 0 Å². The fraction of sp³-hybridized carbons (Fsp3) is 0.588. The lowest BCUT2D eigenvalue weighted by Crippen LogP contribution is -2.39. The molecule has 0 heterocycles. The molecular weight excluding hydrogens is 278 g/mol. The van der Waals surface area contributed by atoms with E-state index < -0.39 is 0 Å². The highest BCUT2D eigenvalue weighted by Gasteiger charge is 2.20. The number of methoxy groups -OCH3 is 1. The second-order valence-electron chi connectivity index (χ2n) is 5.45. The van der Waals surface area contributed by atoms with Crippen LogP contribution < -0.4 is 15.4 Å². The van der Waals surface area contributed by atoms with Crippen molar-refractivity contribution in [1.29, 1.82) is 0 Å². The van der Waals surface area contributed by atoms with Crippen molar-refractivity contribution in [1.82, 2.24) is 10.6 Å². The first-order chi connectivity index (χ1) is 10.8. The molecule has 0 atom stereocenters. The number of ether oxygens (including phenoxy) is 2. The molecule has 122 valence electrons. The summed E-state index contributed by atoms with van der Waals surface area (Å²) in [4.78, 5) is 4.58. The molecule has 22 heavy (non-hydrogen) atoms. The molecular formula is C17H27N3O2. The Labute approximate surface area is 133 Å². The molecule has 1 fully saturated rings. The molecule has 5 heteroatoms. The van der Waals surface area contributed by atoms with Crippen LogP contribution in [0.4, 0.5) is 0 Å². The van der Waals surface area contributed by atoms with Crippen molar-refractivity contribution in [3.63, 3.8) is 0 Å². The molecule has 0 bridgehead atoms. The van der Waals surface area contributed by atoms with Crippen molar-refractivity contribution in [3.8, 4) is 5.75 Å². The number of benzene rings is 1. The summed E-state index contributed by atoms with van der Waals surface area (Å²) in [6.45, 7) is 5.81. The molecule has 1 aromatic carbocycles. The molecule has 0 unspecified atom stereocenters. The summed E-state index contributed by atoms with van der Waals surface area (Å²) in [5.41, 5.74) is 1.07. The van der Waals surface area contributed by atoms with Crippen LogP contribution in [0.2, 0.25) is 0 Å². The zero-order chi connectivity index (χ0) is 15.6. The van der Waals surface area contributed by atoms with E-state index >= 15 is 0 Å². The lowest BCUT2D eigenvalue weighted by Gasteiger charge is -2.12. The second-order valence-corrected chi connectivity index (χ2v) is 5.45. The Morgan fingerprint density at radius 3 is 2.82 bits per heavy atom. The zero-order valence-electron chi connectivity index (χ0n) is 13.6. The predicted molar refractivity (Wildman–Crippen MR) is 89.4 cm³/mol. The van der Waals surface area contributed by atoms with Crippen molar-refractivity contribution < 1.29 is 9.47 Å². The van der Waals surface area contributed by atoms with Crippen LogP contribution in [-0.2, 0) is 11.3 Å². The normalized spacial score (nSPS) is 14.7. The van der Waals surface area contributed by atoms with E-state index in [4.69, 9.17) is 9.47 Å². The number of rotatable bonds is 9. The first kappa shape index (κ1) is 16.6. The van der Waals surface area contributed by atoms with Crippen LogP contribution in [0.3, 0.4) is 0 Å². The minimum atomic E-state index is 0.557. The summed E-state index contributed by atoms with van der Waals surface area (Å²) in [5, 5.41) is 6.56. The fourth-order valence-corrected chi connectivity index (χ4v) is 2.11. The summed E-state index contributed by atoms with van der Waals surface area (Å²) < 4.78 is 11.0. The van der Waals surface area contributed by atoms with Crippen molar-refractivity contribution in [3.05, 3.63) is 29.8 Å². The van der Waals surface area contributed by atoms with Crippen LogP contribution in [-0.4, -0.2) is 39.3 Å². The van der Waals surface area contributed by atoms with Crippen LogP contribution in [0.15, 0.2) is 29.3 Å². The molecule has 0 amide bonds. The van der Waals surface area contributed by atoms with E-state index in [1.807, 2.05) is 24.3 Å². The fourth-order valence-electron chi connectivity index (χ4n) is 2.11. The first-order valence-electron chi connectivity index (χ1n) is 8.05. The van der Waals surface area contributed by atoms with Gasteiger partial charge in [-0.2, -0.15) is 0 Å². The number of nitrogens with zero attached hydrogens (tertiary/aromatic N) is 1. The second kappa shape index (κ2) is 9.30. The van der Waals surface area contributed by atoms with Gasteiger partial charge in [-0.05, 0) is 31.7 Å². The number of hydrogen-bond acceptors (Lipinski definition) is 3. The quantitative estimate of drug-likeness (QED) is 0.417. The number of hydrogen-bond donors (Lipinski definition) is 2. The van der Waals surface area contributed by atoms with Crippen LogP contribution in [0, 0.1) is 5.92 Å². The zero-order valence-corrected chi connectivity index (χ0v) is 13.6. The molecule has 0 radical (unpaired) electrons. The smallest absolute Gasteiger partial charge is 0.191 e. The Morgan fingerprint density at radius 2 is 2.09 bits per heavy atom. The van der Waals surface area contributed by atoms with Gasteiger partial charge in [-0.15, -0.1) is 0 Å². The molecule has 0 aromatic heterocycles. The molecule has 1 aromatic rings. The van der Waals surface area contributed by atoms with Gasteiger partial charge in [-0.25, -0.2) is 0 Å². The van der Waals surface area contributed by atoms with E-state index in [0.717, 1.165) is 42.8 Å². The highest BCUT2D eigenvalue weighted by molar-refractivity contribution is 5.79. The highest BCUT2D eigenvalue weighted by Crippen LogP contribution is 2.28. The predicted octanol–water partition coefficient (Wildman–Crippen LogP) is 2.18. The van der Waals surface area contributed by atoms with E-state index in [1.165, 1.54) is 12.8 Å². The molecule has 1 aliphatic carbocycles. The number of guanidine groups is 1. The van der Waals surface area contributed by atoms with Gasteiger partial charge < -0.3 is 20.1 Å². The molecule has 1 aliphatic rings. The lowest BCUT2D eigenvalue weighted by molar-refractivity contribution is 0.123. The average Bonchev–Trinajstić information content (AvgIpc) is 3.37. The number of nitrogens with one attached hydrogen (secondary N) is 2. The molecule has 2 N–H and O–H groups in total. The van der Waals surface area contributed by atoms with Gasteiger partial charge in [0.15, 0.2) is 5.96 Å². The van der Waals surface area contributed by atoms with Gasteiger partial charge in [-0.1, -0.05) is 18.2 Å². The van der Waals surface area contributed by atoms with Gasteiger partial charge in [0, 0.05) is 25.2 Å². The summed E-state index contributed by atoms with van der Waals surface area (Å²) >= 11 is 0. The maximum Gasteiger partial charge on any atom is 0.191 e. The Morgan fingerprint density at radius 1 is 1.27 bits per heavy atom. The third-order valence-electron chi connectivity index (χ3n) is 3.54. The molecule has 0 spiro atoms. The highest BCUT2D eigenvalue weighted by atomic mass is 16.5. The van der Waals surface area contributed by atoms with E-state index in [1.54, 1.807) is 7.11 Å². The third kappa shape index (κ3) is 5.93. The van der Waals surface area contributed by atoms with Crippen LogP contribution in [0.5, 0.6) is 5.75 Å². The summed E-state index contributed by atoms with van der Waals surface area (Å²) in [6.07, 6.45) is 2.65. The standard InChI is InChI=1S/C17H27N3O2/c1-3-18-17(20-12-14-8-9-14)19-10-11-22-13-15-6-4-5-7-16(15)21-2/h4-7,14H,3,8-13H2,1-2H3,(H2,18,19,20). The van der Waals surface area contributed by atoms with Gasteiger partial charge in [0.25, 0.3) is 0 Å². The largest absolute Gasteiger partial charge is 0.496 e. The molecule has 2 rings (SSSR count). The van der Waals surface area contributed by atoms with E-state index in [2.05, 4.69) is 22.5 Å². The van der Waals surface area contributed by atoms with Gasteiger partial charge in [0.1, 0.15) is 5.75 Å². The lowest BCUT2D eigenvalue weighted by atomic mass is 10.2. The Balaban J connectivity index is 1.65. The van der Waals surface area contributed by atoms with Gasteiger partial charge in [0.05, 0.1) is 20.3 Å². The molecule has 1 saturated carbocycles. The van der Waals surface area contributed by atoms with Crippen molar-refractivity contribution >= 4 is 5.96 Å². The Hall–Kier alpha value is -1.75. The summed E-state index contributed by atoms with van der Waals surface area (Å²) in [6, 6.07) is 7.92.